The molecule has 32 heavy (non-hydrogen) atoms. The van der Waals surface area contributed by atoms with E-state index in [1.54, 1.807) is 28.9 Å². The van der Waals surface area contributed by atoms with Gasteiger partial charge >= 0.3 is 0 Å². The Morgan fingerprint density at radius 2 is 1.47 bits per heavy atom. The van der Waals surface area contributed by atoms with E-state index in [4.69, 9.17) is 5.73 Å². The number of hydrogen-bond acceptors (Lipinski definition) is 7. The number of carbonyl (C=O) groups excluding carboxylic acids is 1. The Hall–Kier alpha value is -4.79. The fraction of sp³-hybridized carbons (Fsp3) is 0. The van der Waals surface area contributed by atoms with Crippen LogP contribution in [0.5, 0.6) is 0 Å². The zero-order valence-corrected chi connectivity index (χ0v) is 16.8. The van der Waals surface area contributed by atoms with E-state index >= 15 is 0 Å². The summed E-state index contributed by atoms with van der Waals surface area (Å²) in [4.78, 5) is 25.9. The molecule has 0 aliphatic carbocycles. The second-order valence-corrected chi connectivity index (χ2v) is 6.90. The molecule has 3 aromatic carbocycles. The lowest BCUT2D eigenvalue weighted by molar-refractivity contribution is 0.102. The molecule has 2 heterocycles. The molecule has 0 fully saturated rings. The van der Waals surface area contributed by atoms with Crippen LogP contribution < -0.4 is 16.4 Å². The van der Waals surface area contributed by atoms with Gasteiger partial charge in [-0.3, -0.25) is 15.4 Å². The average Bonchev–Trinajstić information content (AvgIpc) is 3.22. The van der Waals surface area contributed by atoms with Crippen LogP contribution in [0.1, 0.15) is 10.4 Å². The van der Waals surface area contributed by atoms with E-state index in [-0.39, 0.29) is 17.8 Å². The smallest absolute Gasteiger partial charge is 0.258 e. The molecule has 4 N–H and O–H groups in total. The summed E-state index contributed by atoms with van der Waals surface area (Å²) in [5, 5.41) is 11.0. The summed E-state index contributed by atoms with van der Waals surface area (Å²) in [6.45, 7) is 0. The maximum Gasteiger partial charge on any atom is 0.258 e. The predicted molar refractivity (Wildman–Crippen MR) is 123 cm³/mol. The second kappa shape index (κ2) is 8.15. The summed E-state index contributed by atoms with van der Waals surface area (Å²) in [5.74, 6) is 0.773. The molecule has 9 heteroatoms. The highest BCUT2D eigenvalue weighted by Crippen LogP contribution is 2.23. The number of nitrogens with zero attached hydrogens (tertiary/aromatic N) is 5. The second-order valence-electron chi connectivity index (χ2n) is 6.90. The molecular weight excluding hydrogens is 404 g/mol. The molecule has 9 nitrogen and oxygen atoms in total. The SMILES string of the molecule is Nc1nc(Nc2nc(NC(=O)c3ccccc3)nn2-c2ccccc2)nc2ccccc12. The number of carbonyl (C=O) groups is 1. The largest absolute Gasteiger partial charge is 0.383 e. The molecule has 0 aliphatic rings. The van der Waals surface area contributed by atoms with E-state index in [1.165, 1.54) is 0 Å². The monoisotopic (exact) mass is 422 g/mol. The van der Waals surface area contributed by atoms with Gasteiger partial charge in [-0.05, 0) is 36.4 Å². The molecule has 0 aliphatic heterocycles. The Morgan fingerprint density at radius 1 is 0.781 bits per heavy atom. The molecule has 156 valence electrons. The number of hydrogen-bond donors (Lipinski definition) is 3. The third-order valence-electron chi connectivity index (χ3n) is 4.73. The van der Waals surface area contributed by atoms with Gasteiger partial charge in [0.2, 0.25) is 11.9 Å². The molecule has 5 rings (SSSR count). The standard InChI is InChI=1S/C23H18N8O/c24-19-17-13-7-8-14-18(17)25-21(26-19)28-23-29-22(27-20(32)15-9-3-1-4-10-15)30-31(23)16-11-5-2-6-12-16/h1-14H,(H4,24,25,26,27,28,29,30,32). The van der Waals surface area contributed by atoms with Crippen molar-refractivity contribution in [3.63, 3.8) is 0 Å². The van der Waals surface area contributed by atoms with Gasteiger partial charge in [-0.25, -0.2) is 4.98 Å². The van der Waals surface area contributed by atoms with Gasteiger partial charge in [-0.2, -0.15) is 14.6 Å². The minimum absolute atomic E-state index is 0.138. The predicted octanol–water partition coefficient (Wildman–Crippen LogP) is 3.79. The van der Waals surface area contributed by atoms with Crippen LogP contribution in [0.4, 0.5) is 23.7 Å². The van der Waals surface area contributed by atoms with E-state index in [0.29, 0.717) is 22.8 Å². The number of rotatable bonds is 5. The zero-order valence-electron chi connectivity index (χ0n) is 16.8. The van der Waals surface area contributed by atoms with Gasteiger partial charge in [0.05, 0.1) is 11.2 Å². The number of aromatic nitrogens is 5. The van der Waals surface area contributed by atoms with Crippen LogP contribution in [-0.4, -0.2) is 30.6 Å². The lowest BCUT2D eigenvalue weighted by atomic mass is 10.2. The fourth-order valence-electron chi connectivity index (χ4n) is 3.22. The first kappa shape index (κ1) is 19.2. The number of benzene rings is 3. The molecule has 0 saturated heterocycles. The highest BCUT2D eigenvalue weighted by atomic mass is 16.1. The topological polar surface area (TPSA) is 124 Å². The van der Waals surface area contributed by atoms with Crippen LogP contribution in [0.2, 0.25) is 0 Å². The molecular formula is C23H18N8O. The minimum atomic E-state index is -0.312. The summed E-state index contributed by atoms with van der Waals surface area (Å²) in [6.07, 6.45) is 0. The Labute approximate surface area is 183 Å². The van der Waals surface area contributed by atoms with E-state index in [1.807, 2.05) is 60.7 Å². The van der Waals surface area contributed by atoms with Crippen molar-refractivity contribution in [2.24, 2.45) is 0 Å². The highest BCUT2D eigenvalue weighted by Gasteiger charge is 2.16. The summed E-state index contributed by atoms with van der Waals surface area (Å²) >= 11 is 0. The lowest BCUT2D eigenvalue weighted by Crippen LogP contribution is -2.13. The van der Waals surface area contributed by atoms with Crippen LogP contribution in [0.15, 0.2) is 84.9 Å². The van der Waals surface area contributed by atoms with Crippen molar-refractivity contribution in [1.82, 2.24) is 24.7 Å². The number of amides is 1. The number of fused-ring (bicyclic) bond motifs is 1. The van der Waals surface area contributed by atoms with Gasteiger partial charge < -0.3 is 5.73 Å². The molecule has 0 saturated carbocycles. The zero-order chi connectivity index (χ0) is 21.9. The van der Waals surface area contributed by atoms with Gasteiger partial charge in [0, 0.05) is 10.9 Å². The van der Waals surface area contributed by atoms with Crippen LogP contribution >= 0.6 is 0 Å². The Morgan fingerprint density at radius 3 is 2.25 bits per heavy atom. The summed E-state index contributed by atoms with van der Waals surface area (Å²) in [6, 6.07) is 25.7. The van der Waals surface area contributed by atoms with Gasteiger partial charge in [0.25, 0.3) is 11.9 Å². The minimum Gasteiger partial charge on any atom is -0.383 e. The fourth-order valence-corrected chi connectivity index (χ4v) is 3.22. The average molecular weight is 422 g/mol. The number of nitrogen functional groups attached to an aromatic ring is 1. The van der Waals surface area contributed by atoms with E-state index in [2.05, 4.69) is 30.7 Å². The van der Waals surface area contributed by atoms with Crippen molar-refractivity contribution in [3.8, 4) is 5.69 Å². The molecule has 1 amide bonds. The maximum absolute atomic E-state index is 12.6. The molecule has 5 aromatic rings. The van der Waals surface area contributed by atoms with Crippen molar-refractivity contribution in [2.75, 3.05) is 16.4 Å². The Bertz CT molecular complexity index is 1400. The van der Waals surface area contributed by atoms with Crippen molar-refractivity contribution in [3.05, 3.63) is 90.5 Å². The third-order valence-corrected chi connectivity index (χ3v) is 4.73. The van der Waals surface area contributed by atoms with Gasteiger partial charge in [0.15, 0.2) is 0 Å². The maximum atomic E-state index is 12.6. The van der Waals surface area contributed by atoms with Gasteiger partial charge in [-0.1, -0.05) is 48.5 Å². The molecule has 0 radical (unpaired) electrons. The first-order valence-electron chi connectivity index (χ1n) is 9.85. The molecule has 0 bridgehead atoms. The summed E-state index contributed by atoms with van der Waals surface area (Å²) in [5.41, 5.74) is 8.05. The van der Waals surface area contributed by atoms with Crippen molar-refractivity contribution in [1.29, 1.82) is 0 Å². The first-order valence-corrected chi connectivity index (χ1v) is 9.85. The van der Waals surface area contributed by atoms with Crippen molar-refractivity contribution in [2.45, 2.75) is 0 Å². The quantitative estimate of drug-likeness (QED) is 0.394. The molecule has 0 atom stereocenters. The van der Waals surface area contributed by atoms with Crippen molar-refractivity contribution < 1.29 is 4.79 Å². The van der Waals surface area contributed by atoms with Crippen LogP contribution in [-0.2, 0) is 0 Å². The number of anilines is 4. The van der Waals surface area contributed by atoms with Crippen LogP contribution in [0.25, 0.3) is 16.6 Å². The number of para-hydroxylation sites is 2. The summed E-state index contributed by atoms with van der Waals surface area (Å²) in [7, 11) is 0. The van der Waals surface area contributed by atoms with E-state index < -0.39 is 0 Å². The van der Waals surface area contributed by atoms with E-state index in [9.17, 15) is 4.79 Å². The molecule has 2 aromatic heterocycles. The third kappa shape index (κ3) is 3.82. The first-order chi connectivity index (χ1) is 15.7. The molecule has 0 unspecified atom stereocenters. The van der Waals surface area contributed by atoms with Crippen molar-refractivity contribution >= 4 is 40.5 Å². The summed E-state index contributed by atoms with van der Waals surface area (Å²) < 4.78 is 1.56. The molecule has 0 spiro atoms. The highest BCUT2D eigenvalue weighted by molar-refractivity contribution is 6.03. The Kier molecular flexibility index (Phi) is 4.89. The normalized spacial score (nSPS) is 10.8. The number of nitrogens with one attached hydrogen (secondary N) is 2. The Balaban J connectivity index is 1.51. The van der Waals surface area contributed by atoms with E-state index in [0.717, 1.165) is 11.1 Å². The van der Waals surface area contributed by atoms with Crippen LogP contribution in [0, 0.1) is 0 Å². The lowest BCUT2D eigenvalue weighted by Gasteiger charge is -2.08. The van der Waals surface area contributed by atoms with Gasteiger partial charge in [0.1, 0.15) is 5.82 Å². The van der Waals surface area contributed by atoms with Crippen LogP contribution in [0.3, 0.4) is 0 Å². The number of nitrogens with two attached hydrogens (primary N) is 1. The van der Waals surface area contributed by atoms with Gasteiger partial charge in [-0.15, -0.1) is 5.10 Å².